The van der Waals surface area contributed by atoms with Crippen molar-refractivity contribution in [3.05, 3.63) is 51.9 Å². The first-order valence-corrected chi connectivity index (χ1v) is 9.11. The van der Waals surface area contributed by atoms with E-state index in [9.17, 15) is 9.90 Å². The van der Waals surface area contributed by atoms with Crippen molar-refractivity contribution in [3.8, 4) is 28.6 Å². The Bertz CT molecular complexity index is 1050. The summed E-state index contributed by atoms with van der Waals surface area (Å²) < 4.78 is 7.12. The van der Waals surface area contributed by atoms with Gasteiger partial charge in [0, 0.05) is 12.2 Å². The summed E-state index contributed by atoms with van der Waals surface area (Å²) in [6, 6.07) is 7.58. The molecule has 6 nitrogen and oxygen atoms in total. The third kappa shape index (κ3) is 2.53. The highest BCUT2D eigenvalue weighted by molar-refractivity contribution is 5.67. The predicted octanol–water partition coefficient (Wildman–Crippen LogP) is 3.48. The summed E-state index contributed by atoms with van der Waals surface area (Å²) >= 11 is 0. The van der Waals surface area contributed by atoms with E-state index >= 15 is 0 Å². The largest absolute Gasteiger partial charge is 0.507 e. The molecule has 0 spiro atoms. The lowest BCUT2D eigenvalue weighted by Crippen LogP contribution is -2.20. The number of rotatable bonds is 3. The molecular formula is C20H19N3O3. The van der Waals surface area contributed by atoms with Crippen molar-refractivity contribution in [2.45, 2.75) is 44.6 Å². The fourth-order valence-electron chi connectivity index (χ4n) is 3.71. The maximum Gasteiger partial charge on any atom is 0.262 e. The van der Waals surface area contributed by atoms with Gasteiger partial charge < -0.3 is 14.2 Å². The second-order valence-electron chi connectivity index (χ2n) is 7.13. The zero-order valence-corrected chi connectivity index (χ0v) is 14.3. The van der Waals surface area contributed by atoms with Crippen molar-refractivity contribution >= 4 is 0 Å². The number of aryl methyl sites for hydroxylation is 2. The Hall–Kier alpha value is -2.89. The van der Waals surface area contributed by atoms with Gasteiger partial charge in [0.2, 0.25) is 5.82 Å². The lowest BCUT2D eigenvalue weighted by Gasteiger charge is -2.16. The molecule has 1 N–H and O–H groups in total. The molecule has 26 heavy (non-hydrogen) atoms. The van der Waals surface area contributed by atoms with Gasteiger partial charge in [-0.25, -0.2) is 0 Å². The molecule has 2 aliphatic carbocycles. The summed E-state index contributed by atoms with van der Waals surface area (Å²) in [5.41, 5.74) is 3.26. The van der Waals surface area contributed by atoms with E-state index in [1.54, 1.807) is 22.9 Å². The molecule has 1 aromatic carbocycles. The lowest BCUT2D eigenvalue weighted by molar-refractivity contribution is 0.425. The monoisotopic (exact) mass is 349 g/mol. The minimum absolute atomic E-state index is 0.1000. The molecular weight excluding hydrogens is 330 g/mol. The van der Waals surface area contributed by atoms with E-state index < -0.39 is 0 Å². The highest BCUT2D eigenvalue weighted by atomic mass is 16.5. The number of pyridine rings is 1. The van der Waals surface area contributed by atoms with Crippen LogP contribution in [0, 0.1) is 0 Å². The molecule has 3 aromatic rings. The Morgan fingerprint density at radius 1 is 1.12 bits per heavy atom. The van der Waals surface area contributed by atoms with E-state index in [-0.39, 0.29) is 23.0 Å². The number of fused-ring (bicyclic) bond motifs is 1. The number of phenols is 1. The average molecular weight is 349 g/mol. The summed E-state index contributed by atoms with van der Waals surface area (Å²) in [6.45, 7) is 0. The summed E-state index contributed by atoms with van der Waals surface area (Å²) in [5, 5.41) is 14.4. The first-order chi connectivity index (χ1) is 12.7. The number of hydrogen-bond acceptors (Lipinski definition) is 5. The van der Waals surface area contributed by atoms with Crippen LogP contribution < -0.4 is 5.56 Å². The molecule has 0 amide bonds. The van der Waals surface area contributed by atoms with Gasteiger partial charge in [0.05, 0.1) is 11.1 Å². The van der Waals surface area contributed by atoms with Crippen LogP contribution in [0.3, 0.4) is 0 Å². The van der Waals surface area contributed by atoms with Gasteiger partial charge in [-0.1, -0.05) is 5.16 Å². The number of benzene rings is 1. The highest BCUT2D eigenvalue weighted by Crippen LogP contribution is 2.35. The van der Waals surface area contributed by atoms with Crippen molar-refractivity contribution in [1.29, 1.82) is 0 Å². The molecule has 0 radical (unpaired) electrons. The first-order valence-electron chi connectivity index (χ1n) is 9.11. The summed E-state index contributed by atoms with van der Waals surface area (Å²) in [6.07, 6.45) is 8.15. The van der Waals surface area contributed by atoms with E-state index in [1.807, 2.05) is 12.1 Å². The van der Waals surface area contributed by atoms with Gasteiger partial charge in [0.1, 0.15) is 5.75 Å². The zero-order chi connectivity index (χ0) is 17.7. The molecule has 1 fully saturated rings. The van der Waals surface area contributed by atoms with Crippen LogP contribution in [-0.4, -0.2) is 19.8 Å². The molecule has 1 saturated carbocycles. The second-order valence-corrected chi connectivity index (χ2v) is 7.13. The SMILES string of the molecule is O=c1c(-c2noc(-c3cc4c(cc3O)CCCC4)n2)cccn1C1CC1. The molecule has 2 heterocycles. The number of phenolic OH excluding ortho intramolecular Hbond substituents is 1. The van der Waals surface area contributed by atoms with Crippen LogP contribution in [0.15, 0.2) is 39.8 Å². The van der Waals surface area contributed by atoms with Gasteiger partial charge in [-0.05, 0) is 73.9 Å². The molecule has 0 aliphatic heterocycles. The summed E-state index contributed by atoms with van der Waals surface area (Å²) in [4.78, 5) is 17.0. The smallest absolute Gasteiger partial charge is 0.262 e. The first kappa shape index (κ1) is 15.4. The van der Waals surface area contributed by atoms with E-state index in [0.717, 1.165) is 38.5 Å². The van der Waals surface area contributed by atoms with Crippen molar-refractivity contribution in [2.24, 2.45) is 0 Å². The molecule has 5 rings (SSSR count). The van der Waals surface area contributed by atoms with E-state index in [2.05, 4.69) is 10.1 Å². The van der Waals surface area contributed by atoms with Gasteiger partial charge in [-0.3, -0.25) is 4.79 Å². The quantitative estimate of drug-likeness (QED) is 0.783. The van der Waals surface area contributed by atoms with Crippen LogP contribution in [0.25, 0.3) is 22.8 Å². The van der Waals surface area contributed by atoms with Crippen LogP contribution in [-0.2, 0) is 12.8 Å². The Balaban J connectivity index is 1.55. The van der Waals surface area contributed by atoms with Crippen LogP contribution in [0.5, 0.6) is 5.75 Å². The third-order valence-corrected chi connectivity index (χ3v) is 5.27. The average Bonchev–Trinajstić information content (AvgIpc) is 3.38. The van der Waals surface area contributed by atoms with Gasteiger partial charge in [-0.2, -0.15) is 4.98 Å². The minimum atomic E-state index is -0.1000. The molecule has 2 aromatic heterocycles. The predicted molar refractivity (Wildman–Crippen MR) is 96.0 cm³/mol. The maximum absolute atomic E-state index is 12.6. The fourth-order valence-corrected chi connectivity index (χ4v) is 3.71. The van der Waals surface area contributed by atoms with E-state index in [1.165, 1.54) is 11.1 Å². The standard InChI is InChI=1S/C20H19N3O3/c24-17-11-13-5-2-1-4-12(13)10-16(17)19-21-18(22-26-19)15-6-3-9-23(20(15)25)14-7-8-14/h3,6,9-11,14,24H,1-2,4-5,7-8H2. The number of nitrogens with zero attached hydrogens (tertiary/aromatic N) is 3. The number of aromatic hydroxyl groups is 1. The van der Waals surface area contributed by atoms with Gasteiger partial charge in [0.25, 0.3) is 11.4 Å². The highest BCUT2D eigenvalue weighted by Gasteiger charge is 2.26. The molecule has 0 unspecified atom stereocenters. The van der Waals surface area contributed by atoms with Crippen molar-refractivity contribution < 1.29 is 9.63 Å². The number of hydrogen-bond donors (Lipinski definition) is 1. The van der Waals surface area contributed by atoms with Crippen LogP contribution in [0.2, 0.25) is 0 Å². The second kappa shape index (κ2) is 5.83. The Morgan fingerprint density at radius 2 is 1.88 bits per heavy atom. The Morgan fingerprint density at radius 3 is 2.65 bits per heavy atom. The van der Waals surface area contributed by atoms with E-state index in [4.69, 9.17) is 4.52 Å². The lowest BCUT2D eigenvalue weighted by atomic mass is 9.90. The van der Waals surface area contributed by atoms with Crippen molar-refractivity contribution in [3.63, 3.8) is 0 Å². The number of aromatic nitrogens is 3. The Labute approximate surface area is 150 Å². The molecule has 0 saturated heterocycles. The Kier molecular flexibility index (Phi) is 3.45. The van der Waals surface area contributed by atoms with Gasteiger partial charge in [0.15, 0.2) is 0 Å². The molecule has 6 heteroatoms. The van der Waals surface area contributed by atoms with Gasteiger partial charge >= 0.3 is 0 Å². The maximum atomic E-state index is 12.6. The van der Waals surface area contributed by atoms with E-state index in [0.29, 0.717) is 17.2 Å². The molecule has 0 atom stereocenters. The molecule has 0 bridgehead atoms. The molecule has 132 valence electrons. The van der Waals surface area contributed by atoms with Crippen LogP contribution >= 0.6 is 0 Å². The minimum Gasteiger partial charge on any atom is -0.507 e. The van der Waals surface area contributed by atoms with Crippen LogP contribution in [0.4, 0.5) is 0 Å². The van der Waals surface area contributed by atoms with Crippen LogP contribution in [0.1, 0.15) is 42.9 Å². The summed E-state index contributed by atoms with van der Waals surface area (Å²) in [5.74, 6) is 0.647. The third-order valence-electron chi connectivity index (χ3n) is 5.27. The summed E-state index contributed by atoms with van der Waals surface area (Å²) in [7, 11) is 0. The zero-order valence-electron chi connectivity index (χ0n) is 14.3. The van der Waals surface area contributed by atoms with Crippen molar-refractivity contribution in [2.75, 3.05) is 0 Å². The topological polar surface area (TPSA) is 81.2 Å². The fraction of sp³-hybridized carbons (Fsp3) is 0.350. The van der Waals surface area contributed by atoms with Crippen molar-refractivity contribution in [1.82, 2.24) is 14.7 Å². The molecule has 2 aliphatic rings. The normalized spacial score (nSPS) is 16.5. The van der Waals surface area contributed by atoms with Gasteiger partial charge in [-0.15, -0.1) is 0 Å².